The summed E-state index contributed by atoms with van der Waals surface area (Å²) in [5, 5.41) is 6.06. The molecule has 0 bridgehead atoms. The Morgan fingerprint density at radius 1 is 1.33 bits per heavy atom. The average molecular weight is 260 g/mol. The van der Waals surface area contributed by atoms with Crippen molar-refractivity contribution in [1.29, 1.82) is 0 Å². The maximum atomic E-state index is 11.7. The molecule has 0 unspecified atom stereocenters. The van der Waals surface area contributed by atoms with Crippen molar-refractivity contribution in [1.82, 2.24) is 5.43 Å². The molecule has 0 fully saturated rings. The number of pyridine rings is 1. The van der Waals surface area contributed by atoms with Gasteiger partial charge in [0, 0.05) is 17.0 Å². The average Bonchev–Trinajstić information content (AvgIpc) is 2.91. The summed E-state index contributed by atoms with van der Waals surface area (Å²) < 4.78 is 1.80. The molecule has 18 heavy (non-hydrogen) atoms. The van der Waals surface area contributed by atoms with Gasteiger partial charge in [-0.05, 0) is 18.4 Å². The van der Waals surface area contributed by atoms with Gasteiger partial charge in [0.25, 0.3) is 0 Å². The predicted molar refractivity (Wildman–Crippen MR) is 71.3 cm³/mol. The van der Waals surface area contributed by atoms with E-state index in [4.69, 9.17) is 0 Å². The van der Waals surface area contributed by atoms with Gasteiger partial charge < -0.3 is 0 Å². The zero-order valence-electron chi connectivity index (χ0n) is 10.0. The van der Waals surface area contributed by atoms with Crippen LogP contribution in [0.2, 0.25) is 0 Å². The fraction of sp³-hybridized carbons (Fsp3) is 0.154. The lowest BCUT2D eigenvalue weighted by molar-refractivity contribution is -0.684. The van der Waals surface area contributed by atoms with Crippen LogP contribution in [0.25, 0.3) is 0 Å². The van der Waals surface area contributed by atoms with Crippen LogP contribution in [-0.4, -0.2) is 11.6 Å². The Labute approximate surface area is 110 Å². The summed E-state index contributed by atoms with van der Waals surface area (Å²) >= 11 is 1.60. The van der Waals surface area contributed by atoms with Crippen LogP contribution in [0.15, 0.2) is 53.2 Å². The lowest BCUT2D eigenvalue weighted by Gasteiger charge is -1.98. The second kappa shape index (κ2) is 6.07. The van der Waals surface area contributed by atoms with E-state index in [1.54, 1.807) is 15.9 Å². The predicted octanol–water partition coefficient (Wildman–Crippen LogP) is 1.58. The van der Waals surface area contributed by atoms with Crippen LogP contribution in [0.1, 0.15) is 11.8 Å². The molecule has 0 aliphatic heterocycles. The number of carbonyl (C=O) groups excluding carboxylic acids is 1. The molecule has 2 heterocycles. The molecule has 1 amide bonds. The molecule has 5 heteroatoms. The van der Waals surface area contributed by atoms with E-state index in [-0.39, 0.29) is 12.5 Å². The van der Waals surface area contributed by atoms with Crippen LogP contribution in [-0.2, 0) is 11.3 Å². The smallest absolute Gasteiger partial charge is 0.266 e. The van der Waals surface area contributed by atoms with Crippen LogP contribution < -0.4 is 9.99 Å². The first-order chi connectivity index (χ1) is 8.75. The molecule has 2 aromatic rings. The van der Waals surface area contributed by atoms with Crippen molar-refractivity contribution < 1.29 is 9.36 Å². The molecule has 2 aromatic heterocycles. The van der Waals surface area contributed by atoms with Crippen LogP contribution in [0, 0.1) is 0 Å². The highest BCUT2D eigenvalue weighted by Gasteiger charge is 2.07. The van der Waals surface area contributed by atoms with Gasteiger partial charge in [-0.2, -0.15) is 9.67 Å². The van der Waals surface area contributed by atoms with Gasteiger partial charge in [0.15, 0.2) is 12.4 Å². The number of amides is 1. The van der Waals surface area contributed by atoms with Gasteiger partial charge in [-0.25, -0.2) is 5.43 Å². The number of nitrogens with one attached hydrogen (secondary N) is 1. The van der Waals surface area contributed by atoms with E-state index in [1.165, 1.54) is 0 Å². The fourth-order valence-corrected chi connectivity index (χ4v) is 2.10. The van der Waals surface area contributed by atoms with Gasteiger partial charge in [0.1, 0.15) is 0 Å². The maximum absolute atomic E-state index is 11.7. The molecule has 1 N–H and O–H groups in total. The van der Waals surface area contributed by atoms with E-state index in [1.807, 2.05) is 55.0 Å². The molecule has 0 saturated heterocycles. The number of hydrogen-bond donors (Lipinski definition) is 1. The fourth-order valence-electron chi connectivity index (χ4n) is 1.43. The highest BCUT2D eigenvalue weighted by molar-refractivity contribution is 7.12. The summed E-state index contributed by atoms with van der Waals surface area (Å²) in [5.74, 6) is -0.137. The van der Waals surface area contributed by atoms with Gasteiger partial charge in [0.05, 0.1) is 5.71 Å². The van der Waals surface area contributed by atoms with Crippen LogP contribution >= 0.6 is 11.3 Å². The lowest BCUT2D eigenvalue weighted by Crippen LogP contribution is -2.41. The van der Waals surface area contributed by atoms with Gasteiger partial charge in [0.2, 0.25) is 6.54 Å². The highest BCUT2D eigenvalue weighted by Crippen LogP contribution is 2.08. The first kappa shape index (κ1) is 12.4. The number of aromatic nitrogens is 1. The first-order valence-corrected chi connectivity index (χ1v) is 6.45. The Bertz CT molecular complexity index is 535. The molecule has 0 saturated carbocycles. The summed E-state index contributed by atoms with van der Waals surface area (Å²) in [4.78, 5) is 12.7. The molecule has 0 radical (unpaired) electrons. The van der Waals surface area contributed by atoms with Crippen LogP contribution in [0.4, 0.5) is 0 Å². The minimum atomic E-state index is -0.137. The van der Waals surface area contributed by atoms with E-state index in [9.17, 15) is 4.79 Å². The molecule has 0 aliphatic carbocycles. The Hall–Kier alpha value is -2.01. The molecule has 92 valence electrons. The number of hydrogen-bond acceptors (Lipinski definition) is 3. The molecular weight excluding hydrogens is 246 g/mol. The summed E-state index contributed by atoms with van der Waals surface area (Å²) in [7, 11) is 0. The minimum Gasteiger partial charge on any atom is -0.266 e. The second-order valence-electron chi connectivity index (χ2n) is 3.76. The van der Waals surface area contributed by atoms with Crippen molar-refractivity contribution in [2.45, 2.75) is 13.5 Å². The van der Waals surface area contributed by atoms with Gasteiger partial charge in [-0.15, -0.1) is 11.3 Å². The van der Waals surface area contributed by atoms with Crippen molar-refractivity contribution in [3.8, 4) is 0 Å². The molecule has 0 spiro atoms. The second-order valence-corrected chi connectivity index (χ2v) is 4.71. The molecule has 4 nitrogen and oxygen atoms in total. The summed E-state index contributed by atoms with van der Waals surface area (Å²) in [5.41, 5.74) is 3.37. The molecular formula is C13H14N3OS+. The number of rotatable bonds is 4. The zero-order valence-corrected chi connectivity index (χ0v) is 10.9. The maximum Gasteiger partial charge on any atom is 0.305 e. The molecule has 0 atom stereocenters. The quantitative estimate of drug-likeness (QED) is 0.506. The minimum absolute atomic E-state index is 0.137. The summed E-state index contributed by atoms with van der Waals surface area (Å²) in [6.45, 7) is 2.14. The van der Waals surface area contributed by atoms with E-state index in [0.717, 1.165) is 10.6 Å². The van der Waals surface area contributed by atoms with Crippen molar-refractivity contribution in [2.75, 3.05) is 0 Å². The Balaban J connectivity index is 1.91. The van der Waals surface area contributed by atoms with Gasteiger partial charge in [-0.3, -0.25) is 4.79 Å². The highest BCUT2D eigenvalue weighted by atomic mass is 32.1. The van der Waals surface area contributed by atoms with E-state index in [2.05, 4.69) is 10.5 Å². The third-order valence-electron chi connectivity index (χ3n) is 2.33. The van der Waals surface area contributed by atoms with Gasteiger partial charge in [-0.1, -0.05) is 12.1 Å². The number of hydrazone groups is 1. The van der Waals surface area contributed by atoms with E-state index >= 15 is 0 Å². The van der Waals surface area contributed by atoms with Crippen molar-refractivity contribution in [3.63, 3.8) is 0 Å². The van der Waals surface area contributed by atoms with Crippen molar-refractivity contribution >= 4 is 23.0 Å². The monoisotopic (exact) mass is 260 g/mol. The SMILES string of the molecule is C/C(=N/NC(=O)C[n+]1ccccc1)c1cccs1. The van der Waals surface area contributed by atoms with Crippen LogP contribution in [0.5, 0.6) is 0 Å². The Morgan fingerprint density at radius 3 is 2.78 bits per heavy atom. The third kappa shape index (κ3) is 3.49. The zero-order chi connectivity index (χ0) is 12.8. The van der Waals surface area contributed by atoms with E-state index < -0.39 is 0 Å². The molecule has 2 rings (SSSR count). The van der Waals surface area contributed by atoms with Crippen molar-refractivity contribution in [3.05, 3.63) is 53.0 Å². The van der Waals surface area contributed by atoms with E-state index in [0.29, 0.717) is 0 Å². The standard InChI is InChI=1S/C13H13N3OS/c1-11(12-6-5-9-18-12)14-15-13(17)10-16-7-3-2-4-8-16/h2-9H,10H2,1H3/p+1/b14-11-. The normalized spacial score (nSPS) is 11.3. The number of thiophene rings is 1. The topological polar surface area (TPSA) is 45.3 Å². The third-order valence-corrected chi connectivity index (χ3v) is 3.31. The summed E-state index contributed by atoms with van der Waals surface area (Å²) in [6.07, 6.45) is 3.69. The van der Waals surface area contributed by atoms with Crippen molar-refractivity contribution in [2.24, 2.45) is 5.10 Å². The largest absolute Gasteiger partial charge is 0.305 e. The molecule has 0 aliphatic rings. The Kier molecular flexibility index (Phi) is 4.20. The van der Waals surface area contributed by atoms with Gasteiger partial charge >= 0.3 is 5.91 Å². The van der Waals surface area contributed by atoms with Crippen LogP contribution in [0.3, 0.4) is 0 Å². The first-order valence-electron chi connectivity index (χ1n) is 5.57. The Morgan fingerprint density at radius 2 is 2.11 bits per heavy atom. The molecule has 0 aromatic carbocycles. The number of carbonyl (C=O) groups is 1. The lowest BCUT2D eigenvalue weighted by atomic mass is 10.3. The number of nitrogens with zero attached hydrogens (tertiary/aromatic N) is 2. The summed E-state index contributed by atoms with van der Waals surface area (Å²) in [6, 6.07) is 9.61.